The van der Waals surface area contributed by atoms with Gasteiger partial charge in [0.25, 0.3) is 0 Å². The standard InChI is InChI=1S/C15H28O/c1-5-11-16-12-7-9-14-13(2)8-6-10-15(14,3)4/h5,13-14H,1,6-12H2,2-4H3. The van der Waals surface area contributed by atoms with Crippen LogP contribution < -0.4 is 0 Å². The summed E-state index contributed by atoms with van der Waals surface area (Å²) in [6.45, 7) is 12.6. The van der Waals surface area contributed by atoms with Crippen LogP contribution in [0, 0.1) is 17.3 Å². The molecule has 0 aromatic heterocycles. The van der Waals surface area contributed by atoms with Gasteiger partial charge in [0.15, 0.2) is 0 Å². The molecule has 1 saturated carbocycles. The molecular formula is C15H28O. The molecule has 1 fully saturated rings. The summed E-state index contributed by atoms with van der Waals surface area (Å²) in [5.41, 5.74) is 0.538. The van der Waals surface area contributed by atoms with E-state index < -0.39 is 0 Å². The summed E-state index contributed by atoms with van der Waals surface area (Å²) < 4.78 is 5.46. The maximum absolute atomic E-state index is 5.46. The Morgan fingerprint density at radius 3 is 2.81 bits per heavy atom. The highest BCUT2D eigenvalue weighted by atomic mass is 16.5. The first-order chi connectivity index (χ1) is 7.58. The Morgan fingerprint density at radius 2 is 2.19 bits per heavy atom. The van der Waals surface area contributed by atoms with Crippen molar-refractivity contribution >= 4 is 0 Å². The molecule has 0 amide bonds. The summed E-state index contributed by atoms with van der Waals surface area (Å²) in [6.07, 6.45) is 8.58. The van der Waals surface area contributed by atoms with E-state index in [9.17, 15) is 0 Å². The van der Waals surface area contributed by atoms with Crippen LogP contribution in [-0.2, 0) is 4.74 Å². The lowest BCUT2D eigenvalue weighted by atomic mass is 9.63. The van der Waals surface area contributed by atoms with Crippen LogP contribution in [-0.4, -0.2) is 13.2 Å². The smallest absolute Gasteiger partial charge is 0.0644 e. The highest BCUT2D eigenvalue weighted by Crippen LogP contribution is 2.45. The predicted octanol–water partition coefficient (Wildman–Crippen LogP) is 4.43. The van der Waals surface area contributed by atoms with Crippen molar-refractivity contribution in [1.82, 2.24) is 0 Å². The van der Waals surface area contributed by atoms with Gasteiger partial charge in [0.05, 0.1) is 6.61 Å². The van der Waals surface area contributed by atoms with Gasteiger partial charge in [0, 0.05) is 6.61 Å². The molecule has 0 bridgehead atoms. The van der Waals surface area contributed by atoms with Crippen molar-refractivity contribution < 1.29 is 4.74 Å². The molecule has 0 aromatic carbocycles. The molecule has 0 radical (unpaired) electrons. The molecule has 0 spiro atoms. The Kier molecular flexibility index (Phi) is 5.54. The minimum absolute atomic E-state index is 0.538. The largest absolute Gasteiger partial charge is 0.377 e. The van der Waals surface area contributed by atoms with Crippen LogP contribution in [0.4, 0.5) is 0 Å². The number of rotatable bonds is 6. The first-order valence-electron chi connectivity index (χ1n) is 6.76. The molecule has 16 heavy (non-hydrogen) atoms. The maximum atomic E-state index is 5.46. The summed E-state index contributed by atoms with van der Waals surface area (Å²) >= 11 is 0. The molecule has 1 nitrogen and oxygen atoms in total. The van der Waals surface area contributed by atoms with E-state index in [1.54, 1.807) is 0 Å². The van der Waals surface area contributed by atoms with Gasteiger partial charge in [-0.05, 0) is 36.5 Å². The van der Waals surface area contributed by atoms with Gasteiger partial charge in [-0.3, -0.25) is 0 Å². The van der Waals surface area contributed by atoms with Crippen molar-refractivity contribution in [3.8, 4) is 0 Å². The first-order valence-corrected chi connectivity index (χ1v) is 6.76. The predicted molar refractivity (Wildman–Crippen MR) is 70.5 cm³/mol. The van der Waals surface area contributed by atoms with Gasteiger partial charge in [-0.25, -0.2) is 0 Å². The van der Waals surface area contributed by atoms with E-state index in [4.69, 9.17) is 4.74 Å². The normalized spacial score (nSPS) is 28.9. The van der Waals surface area contributed by atoms with Crippen LogP contribution in [0.15, 0.2) is 12.7 Å². The monoisotopic (exact) mass is 224 g/mol. The zero-order valence-corrected chi connectivity index (χ0v) is 11.3. The molecule has 1 heteroatoms. The summed E-state index contributed by atoms with van der Waals surface area (Å²) in [6, 6.07) is 0. The molecule has 2 unspecified atom stereocenters. The number of hydrogen-bond acceptors (Lipinski definition) is 1. The van der Waals surface area contributed by atoms with Crippen LogP contribution in [0.1, 0.15) is 52.9 Å². The van der Waals surface area contributed by atoms with Crippen molar-refractivity contribution in [2.45, 2.75) is 52.9 Å². The molecule has 0 aromatic rings. The van der Waals surface area contributed by atoms with Gasteiger partial charge in [0.2, 0.25) is 0 Å². The van der Waals surface area contributed by atoms with Gasteiger partial charge in [-0.2, -0.15) is 0 Å². The van der Waals surface area contributed by atoms with Crippen molar-refractivity contribution in [2.75, 3.05) is 13.2 Å². The first kappa shape index (κ1) is 13.8. The average Bonchev–Trinajstić information content (AvgIpc) is 2.21. The van der Waals surface area contributed by atoms with E-state index >= 15 is 0 Å². The molecule has 0 aliphatic heterocycles. The van der Waals surface area contributed by atoms with E-state index in [1.807, 2.05) is 6.08 Å². The molecule has 94 valence electrons. The summed E-state index contributed by atoms with van der Waals surface area (Å²) in [4.78, 5) is 0. The highest BCUT2D eigenvalue weighted by Gasteiger charge is 2.35. The van der Waals surface area contributed by atoms with Crippen LogP contribution in [0.3, 0.4) is 0 Å². The van der Waals surface area contributed by atoms with Gasteiger partial charge in [0.1, 0.15) is 0 Å². The molecular weight excluding hydrogens is 196 g/mol. The third-order valence-electron chi connectivity index (χ3n) is 4.21. The summed E-state index contributed by atoms with van der Waals surface area (Å²) in [5.74, 6) is 1.77. The second kappa shape index (κ2) is 6.44. The fourth-order valence-electron chi connectivity index (χ4n) is 3.28. The van der Waals surface area contributed by atoms with Gasteiger partial charge < -0.3 is 4.74 Å². The second-order valence-electron chi connectivity index (χ2n) is 5.97. The Morgan fingerprint density at radius 1 is 1.44 bits per heavy atom. The van der Waals surface area contributed by atoms with E-state index in [-0.39, 0.29) is 0 Å². The third kappa shape index (κ3) is 3.93. The van der Waals surface area contributed by atoms with E-state index in [0.717, 1.165) is 18.4 Å². The van der Waals surface area contributed by atoms with Gasteiger partial charge >= 0.3 is 0 Å². The summed E-state index contributed by atoms with van der Waals surface area (Å²) in [7, 11) is 0. The Bertz CT molecular complexity index is 207. The molecule has 0 heterocycles. The maximum Gasteiger partial charge on any atom is 0.0644 e. The molecule has 0 N–H and O–H groups in total. The summed E-state index contributed by atoms with van der Waals surface area (Å²) in [5, 5.41) is 0. The number of ether oxygens (including phenoxy) is 1. The van der Waals surface area contributed by atoms with Crippen LogP contribution >= 0.6 is 0 Å². The van der Waals surface area contributed by atoms with E-state index in [2.05, 4.69) is 27.4 Å². The fraction of sp³-hybridized carbons (Fsp3) is 0.867. The van der Waals surface area contributed by atoms with Crippen molar-refractivity contribution in [2.24, 2.45) is 17.3 Å². The van der Waals surface area contributed by atoms with Crippen LogP contribution in [0.2, 0.25) is 0 Å². The quantitative estimate of drug-likeness (QED) is 0.479. The molecule has 1 rings (SSSR count). The Hall–Kier alpha value is -0.300. The second-order valence-corrected chi connectivity index (χ2v) is 5.97. The Labute approximate surface area is 101 Å². The minimum atomic E-state index is 0.538. The lowest BCUT2D eigenvalue weighted by Gasteiger charge is -2.43. The highest BCUT2D eigenvalue weighted by molar-refractivity contribution is 4.86. The average molecular weight is 224 g/mol. The molecule has 2 atom stereocenters. The zero-order valence-electron chi connectivity index (χ0n) is 11.3. The third-order valence-corrected chi connectivity index (χ3v) is 4.21. The SMILES string of the molecule is C=CCOCCCC1C(C)CCCC1(C)C. The lowest BCUT2D eigenvalue weighted by molar-refractivity contribution is 0.0635. The minimum Gasteiger partial charge on any atom is -0.377 e. The molecule has 1 aliphatic carbocycles. The number of hydrogen-bond donors (Lipinski definition) is 0. The lowest BCUT2D eigenvalue weighted by Crippen LogP contribution is -2.33. The Balaban J connectivity index is 2.29. The van der Waals surface area contributed by atoms with Crippen molar-refractivity contribution in [3.05, 3.63) is 12.7 Å². The zero-order chi connectivity index (χ0) is 12.0. The van der Waals surface area contributed by atoms with Crippen molar-refractivity contribution in [1.29, 1.82) is 0 Å². The van der Waals surface area contributed by atoms with Gasteiger partial charge in [-0.15, -0.1) is 6.58 Å². The molecule has 0 saturated heterocycles. The van der Waals surface area contributed by atoms with E-state index in [0.29, 0.717) is 12.0 Å². The van der Waals surface area contributed by atoms with E-state index in [1.165, 1.54) is 32.1 Å². The van der Waals surface area contributed by atoms with Crippen molar-refractivity contribution in [3.63, 3.8) is 0 Å². The van der Waals surface area contributed by atoms with Crippen LogP contribution in [0.5, 0.6) is 0 Å². The molecule has 1 aliphatic rings. The fourth-order valence-corrected chi connectivity index (χ4v) is 3.28. The van der Waals surface area contributed by atoms with Gasteiger partial charge in [-0.1, -0.05) is 39.7 Å². The topological polar surface area (TPSA) is 9.23 Å². The van der Waals surface area contributed by atoms with Crippen LogP contribution in [0.25, 0.3) is 0 Å².